The fraction of sp³-hybridized carbons (Fsp3) is 0.333. The molecule has 5 heteroatoms. The van der Waals surface area contributed by atoms with Crippen LogP contribution in [0.25, 0.3) is 0 Å². The van der Waals surface area contributed by atoms with Gasteiger partial charge in [-0.1, -0.05) is 18.2 Å². The molecule has 0 spiro atoms. The fourth-order valence-electron chi connectivity index (χ4n) is 3.02. The van der Waals surface area contributed by atoms with Crippen molar-refractivity contribution in [1.29, 1.82) is 0 Å². The third kappa shape index (κ3) is 3.86. The number of hydrogen-bond acceptors (Lipinski definition) is 4. The van der Waals surface area contributed by atoms with Crippen LogP contribution in [0.3, 0.4) is 0 Å². The van der Waals surface area contributed by atoms with Crippen LogP contribution in [0.15, 0.2) is 41.8 Å². The maximum absolute atomic E-state index is 12.3. The van der Waals surface area contributed by atoms with E-state index in [9.17, 15) is 9.59 Å². The van der Waals surface area contributed by atoms with E-state index < -0.39 is 0 Å². The molecule has 3 rings (SSSR count). The largest absolute Gasteiger partial charge is 0.325 e. The lowest BCUT2D eigenvalue weighted by molar-refractivity contribution is -0.117. The number of ketones is 1. The van der Waals surface area contributed by atoms with E-state index in [1.807, 2.05) is 6.07 Å². The Bertz CT molecular complexity index is 697. The smallest absolute Gasteiger partial charge is 0.238 e. The van der Waals surface area contributed by atoms with Crippen LogP contribution >= 0.6 is 11.3 Å². The van der Waals surface area contributed by atoms with Crippen molar-refractivity contribution in [3.05, 3.63) is 52.2 Å². The second-order valence-corrected chi connectivity index (χ2v) is 6.81. The van der Waals surface area contributed by atoms with Gasteiger partial charge < -0.3 is 5.32 Å². The minimum atomic E-state index is -0.0332. The molecule has 1 aromatic carbocycles. The highest BCUT2D eigenvalue weighted by atomic mass is 32.1. The summed E-state index contributed by atoms with van der Waals surface area (Å²) in [5, 5.41) is 4.98. The van der Waals surface area contributed by atoms with Gasteiger partial charge in [-0.05, 0) is 49.9 Å². The van der Waals surface area contributed by atoms with Gasteiger partial charge in [0.05, 0.1) is 6.54 Å². The first-order valence-corrected chi connectivity index (χ1v) is 8.70. The standard InChI is InChI=1S/C18H20N2O2S/c1-13(21)14-5-2-6-15(11-14)19-18(22)12-20-9-3-7-16(20)17-8-4-10-23-17/h2,4-6,8,10-11,16H,3,7,9,12H2,1H3,(H,19,22). The lowest BCUT2D eigenvalue weighted by atomic mass is 10.1. The van der Waals surface area contributed by atoms with Crippen LogP contribution < -0.4 is 5.32 Å². The first-order chi connectivity index (χ1) is 11.1. The molecule has 1 aromatic heterocycles. The zero-order chi connectivity index (χ0) is 16.2. The Balaban J connectivity index is 1.63. The number of carbonyl (C=O) groups excluding carboxylic acids is 2. The normalized spacial score (nSPS) is 18.0. The van der Waals surface area contributed by atoms with Crippen LogP contribution in [0.5, 0.6) is 0 Å². The maximum Gasteiger partial charge on any atom is 0.238 e. The number of benzene rings is 1. The highest BCUT2D eigenvalue weighted by Gasteiger charge is 2.28. The van der Waals surface area contributed by atoms with Crippen LogP contribution in [0, 0.1) is 0 Å². The average Bonchev–Trinajstić information content (AvgIpc) is 3.18. The van der Waals surface area contributed by atoms with Crippen LogP contribution in [0.4, 0.5) is 5.69 Å². The van der Waals surface area contributed by atoms with E-state index in [0.717, 1.165) is 19.4 Å². The average molecular weight is 328 g/mol. The van der Waals surface area contributed by atoms with Crippen LogP contribution in [-0.4, -0.2) is 29.7 Å². The molecule has 1 N–H and O–H groups in total. The summed E-state index contributed by atoms with van der Waals surface area (Å²) in [5.74, 6) is -0.0347. The highest BCUT2D eigenvalue weighted by molar-refractivity contribution is 7.10. The molecule has 1 fully saturated rings. The minimum absolute atomic E-state index is 0.00148. The number of thiophene rings is 1. The number of nitrogens with one attached hydrogen (secondary N) is 1. The van der Waals surface area contributed by atoms with Crippen molar-refractivity contribution < 1.29 is 9.59 Å². The first kappa shape index (κ1) is 15.9. The Hall–Kier alpha value is -1.98. The van der Waals surface area contributed by atoms with E-state index in [1.54, 1.807) is 29.5 Å². The van der Waals surface area contributed by atoms with Gasteiger partial charge in [0.15, 0.2) is 5.78 Å². The van der Waals surface area contributed by atoms with Crippen LogP contribution in [-0.2, 0) is 4.79 Å². The quantitative estimate of drug-likeness (QED) is 0.851. The van der Waals surface area contributed by atoms with E-state index >= 15 is 0 Å². The molecule has 1 aliphatic heterocycles. The highest BCUT2D eigenvalue weighted by Crippen LogP contribution is 2.34. The number of nitrogens with zero attached hydrogens (tertiary/aromatic N) is 1. The zero-order valence-corrected chi connectivity index (χ0v) is 13.9. The summed E-state index contributed by atoms with van der Waals surface area (Å²) in [5.41, 5.74) is 1.29. The number of anilines is 1. The molecule has 1 atom stereocenters. The Morgan fingerprint density at radius 1 is 1.30 bits per heavy atom. The van der Waals surface area contributed by atoms with Crippen molar-refractivity contribution in [2.45, 2.75) is 25.8 Å². The molecular formula is C18H20N2O2S. The summed E-state index contributed by atoms with van der Waals surface area (Å²) in [6.07, 6.45) is 2.23. The molecule has 1 aliphatic rings. The van der Waals surface area contributed by atoms with E-state index in [1.165, 1.54) is 11.8 Å². The van der Waals surface area contributed by atoms with E-state index in [4.69, 9.17) is 0 Å². The second kappa shape index (κ2) is 7.06. The molecule has 1 unspecified atom stereocenters. The van der Waals surface area contributed by atoms with Gasteiger partial charge in [-0.3, -0.25) is 14.5 Å². The van der Waals surface area contributed by atoms with Crippen LogP contribution in [0.2, 0.25) is 0 Å². The lowest BCUT2D eigenvalue weighted by Crippen LogP contribution is -2.32. The maximum atomic E-state index is 12.3. The predicted octanol–water partition coefficient (Wildman–Crippen LogP) is 3.73. The van der Waals surface area contributed by atoms with E-state index in [0.29, 0.717) is 23.8 Å². The predicted molar refractivity (Wildman–Crippen MR) is 92.9 cm³/mol. The number of Topliss-reactive ketones (excluding diaryl/α,β-unsaturated/α-hetero) is 1. The van der Waals surface area contributed by atoms with Crippen molar-refractivity contribution in [3.8, 4) is 0 Å². The molecular weight excluding hydrogens is 308 g/mol. The van der Waals surface area contributed by atoms with Crippen molar-refractivity contribution >= 4 is 28.7 Å². The second-order valence-electron chi connectivity index (χ2n) is 5.83. The minimum Gasteiger partial charge on any atom is -0.325 e. The molecule has 23 heavy (non-hydrogen) atoms. The molecule has 0 aliphatic carbocycles. The number of carbonyl (C=O) groups is 2. The van der Waals surface area contributed by atoms with Crippen molar-refractivity contribution in [3.63, 3.8) is 0 Å². The van der Waals surface area contributed by atoms with E-state index in [-0.39, 0.29) is 11.7 Å². The van der Waals surface area contributed by atoms with Gasteiger partial charge in [0.25, 0.3) is 0 Å². The van der Waals surface area contributed by atoms with Gasteiger partial charge >= 0.3 is 0 Å². The van der Waals surface area contributed by atoms with Gasteiger partial charge in [0.1, 0.15) is 0 Å². The van der Waals surface area contributed by atoms with Gasteiger partial charge in [-0.15, -0.1) is 11.3 Å². The van der Waals surface area contributed by atoms with Crippen LogP contribution in [0.1, 0.15) is 41.0 Å². The van der Waals surface area contributed by atoms with Gasteiger partial charge in [-0.25, -0.2) is 0 Å². The Labute approximate surface area is 140 Å². The molecule has 0 saturated carbocycles. The summed E-state index contributed by atoms with van der Waals surface area (Å²) >= 11 is 1.75. The molecule has 0 bridgehead atoms. The molecule has 1 amide bonds. The molecule has 2 heterocycles. The van der Waals surface area contributed by atoms with Crippen molar-refractivity contribution in [2.75, 3.05) is 18.4 Å². The van der Waals surface area contributed by atoms with Gasteiger partial charge in [-0.2, -0.15) is 0 Å². The summed E-state index contributed by atoms with van der Waals surface area (Å²) in [4.78, 5) is 27.3. The summed E-state index contributed by atoms with van der Waals surface area (Å²) in [7, 11) is 0. The number of likely N-dealkylation sites (tertiary alicyclic amines) is 1. The van der Waals surface area contributed by atoms with Gasteiger partial charge in [0, 0.05) is 22.2 Å². The summed E-state index contributed by atoms with van der Waals surface area (Å²) in [6, 6.07) is 11.6. The monoisotopic (exact) mass is 328 g/mol. The molecule has 120 valence electrons. The molecule has 0 radical (unpaired) electrons. The molecule has 2 aromatic rings. The Kier molecular flexibility index (Phi) is 4.88. The Morgan fingerprint density at radius 2 is 2.17 bits per heavy atom. The third-order valence-electron chi connectivity index (χ3n) is 4.13. The van der Waals surface area contributed by atoms with E-state index in [2.05, 4.69) is 27.7 Å². The SMILES string of the molecule is CC(=O)c1cccc(NC(=O)CN2CCCC2c2cccs2)c1. The lowest BCUT2D eigenvalue weighted by Gasteiger charge is -2.22. The number of amides is 1. The fourth-order valence-corrected chi connectivity index (χ4v) is 3.91. The topological polar surface area (TPSA) is 49.4 Å². The number of hydrogen-bond donors (Lipinski definition) is 1. The number of rotatable bonds is 5. The molecule has 1 saturated heterocycles. The third-order valence-corrected chi connectivity index (χ3v) is 5.11. The van der Waals surface area contributed by atoms with Crippen molar-refractivity contribution in [1.82, 2.24) is 4.90 Å². The van der Waals surface area contributed by atoms with Crippen molar-refractivity contribution in [2.24, 2.45) is 0 Å². The molecule has 4 nitrogen and oxygen atoms in total. The van der Waals surface area contributed by atoms with Gasteiger partial charge in [0.2, 0.25) is 5.91 Å². The Morgan fingerprint density at radius 3 is 2.91 bits per heavy atom. The zero-order valence-electron chi connectivity index (χ0n) is 13.1. The summed E-state index contributed by atoms with van der Waals surface area (Å²) in [6.45, 7) is 2.85. The summed E-state index contributed by atoms with van der Waals surface area (Å²) < 4.78 is 0. The first-order valence-electron chi connectivity index (χ1n) is 7.82.